The van der Waals surface area contributed by atoms with Gasteiger partial charge >= 0.3 is 0 Å². The summed E-state index contributed by atoms with van der Waals surface area (Å²) in [6, 6.07) is 16.1. The van der Waals surface area contributed by atoms with Crippen LogP contribution in [0.5, 0.6) is 5.75 Å². The number of carbonyl (C=O) groups excluding carboxylic acids is 2. The van der Waals surface area contributed by atoms with Gasteiger partial charge in [0.05, 0.1) is 24.8 Å². The molecule has 2 amide bonds. The van der Waals surface area contributed by atoms with Crippen molar-refractivity contribution in [1.29, 1.82) is 0 Å². The lowest BCUT2D eigenvalue weighted by atomic mass is 10.1. The summed E-state index contributed by atoms with van der Waals surface area (Å²) in [5, 5.41) is 4.44. The van der Waals surface area contributed by atoms with E-state index in [0.717, 1.165) is 16.2 Å². The summed E-state index contributed by atoms with van der Waals surface area (Å²) >= 11 is 3.45. The Labute approximate surface area is 158 Å². The molecule has 0 radical (unpaired) electrons. The molecule has 1 aliphatic heterocycles. The highest BCUT2D eigenvalue weighted by Crippen LogP contribution is 2.29. The fourth-order valence-corrected chi connectivity index (χ4v) is 3.31. The van der Waals surface area contributed by atoms with Crippen LogP contribution in [0.3, 0.4) is 0 Å². The van der Waals surface area contributed by atoms with E-state index in [0.29, 0.717) is 28.1 Å². The van der Waals surface area contributed by atoms with Gasteiger partial charge in [-0.05, 0) is 45.8 Å². The summed E-state index contributed by atoms with van der Waals surface area (Å²) in [6.45, 7) is 0.494. The highest BCUT2D eigenvalue weighted by atomic mass is 79.9. The number of hydrogen-bond donors (Lipinski definition) is 0. The van der Waals surface area contributed by atoms with E-state index in [4.69, 9.17) is 4.74 Å². The molecular formula is C19H14BrN3O3. The van der Waals surface area contributed by atoms with E-state index in [9.17, 15) is 9.59 Å². The number of imide groups is 1. The quantitative estimate of drug-likeness (QED) is 0.616. The molecule has 0 bridgehead atoms. The Morgan fingerprint density at radius 3 is 2.19 bits per heavy atom. The molecule has 0 unspecified atom stereocenters. The number of anilines is 1. The maximum atomic E-state index is 12.6. The summed E-state index contributed by atoms with van der Waals surface area (Å²) in [7, 11) is 1.62. The molecule has 0 saturated carbocycles. The minimum absolute atomic E-state index is 0.302. The number of fused-ring (bicyclic) bond motifs is 1. The fourth-order valence-electron chi connectivity index (χ4n) is 2.90. The van der Waals surface area contributed by atoms with Gasteiger partial charge in [0.25, 0.3) is 11.8 Å². The predicted molar refractivity (Wildman–Crippen MR) is 99.6 cm³/mol. The van der Waals surface area contributed by atoms with Crippen molar-refractivity contribution in [1.82, 2.24) is 9.78 Å². The van der Waals surface area contributed by atoms with Gasteiger partial charge in [-0.1, -0.05) is 24.3 Å². The van der Waals surface area contributed by atoms with E-state index in [1.165, 1.54) is 0 Å². The van der Waals surface area contributed by atoms with Crippen molar-refractivity contribution in [3.05, 3.63) is 75.9 Å². The van der Waals surface area contributed by atoms with Crippen LogP contribution < -0.4 is 9.64 Å². The third-order valence-corrected chi connectivity index (χ3v) is 4.87. The van der Waals surface area contributed by atoms with Crippen molar-refractivity contribution < 1.29 is 14.3 Å². The molecule has 1 aliphatic rings. The third kappa shape index (κ3) is 2.70. The molecule has 3 aromatic rings. The van der Waals surface area contributed by atoms with E-state index in [1.807, 2.05) is 24.3 Å². The Morgan fingerprint density at radius 2 is 1.62 bits per heavy atom. The van der Waals surface area contributed by atoms with Crippen molar-refractivity contribution in [3.63, 3.8) is 0 Å². The number of carbonyl (C=O) groups is 2. The van der Waals surface area contributed by atoms with Crippen molar-refractivity contribution in [2.75, 3.05) is 12.0 Å². The van der Waals surface area contributed by atoms with Crippen molar-refractivity contribution >= 4 is 33.6 Å². The lowest BCUT2D eigenvalue weighted by molar-refractivity contribution is 0.0925. The Kier molecular flexibility index (Phi) is 4.08. The maximum Gasteiger partial charge on any atom is 0.267 e. The molecule has 0 aliphatic carbocycles. The number of hydrogen-bond acceptors (Lipinski definition) is 4. The van der Waals surface area contributed by atoms with E-state index in [1.54, 1.807) is 42.1 Å². The Balaban J connectivity index is 1.63. The first-order valence-electron chi connectivity index (χ1n) is 7.92. The Bertz CT molecular complexity index is 976. The highest BCUT2D eigenvalue weighted by Gasteiger charge is 2.37. The second kappa shape index (κ2) is 6.42. The largest absolute Gasteiger partial charge is 0.497 e. The number of methoxy groups -OCH3 is 1. The first-order chi connectivity index (χ1) is 12.6. The van der Waals surface area contributed by atoms with Gasteiger partial charge in [0, 0.05) is 6.07 Å². The van der Waals surface area contributed by atoms with Gasteiger partial charge in [-0.2, -0.15) is 5.10 Å². The van der Waals surface area contributed by atoms with Gasteiger partial charge in [0.1, 0.15) is 10.4 Å². The van der Waals surface area contributed by atoms with E-state index < -0.39 is 0 Å². The summed E-state index contributed by atoms with van der Waals surface area (Å²) in [4.78, 5) is 26.3. The van der Waals surface area contributed by atoms with Crippen LogP contribution in [0.15, 0.2) is 59.2 Å². The zero-order valence-corrected chi connectivity index (χ0v) is 15.4. The minimum Gasteiger partial charge on any atom is -0.497 e. The first kappa shape index (κ1) is 16.5. The van der Waals surface area contributed by atoms with Crippen LogP contribution in [0.2, 0.25) is 0 Å². The number of ether oxygens (including phenoxy) is 1. The van der Waals surface area contributed by atoms with Gasteiger partial charge in [0.2, 0.25) is 0 Å². The van der Waals surface area contributed by atoms with Crippen LogP contribution in [0.4, 0.5) is 5.82 Å². The molecule has 0 atom stereocenters. The molecule has 0 spiro atoms. The normalized spacial score (nSPS) is 13.2. The van der Waals surface area contributed by atoms with Gasteiger partial charge in [-0.15, -0.1) is 0 Å². The van der Waals surface area contributed by atoms with Gasteiger partial charge in [0.15, 0.2) is 5.82 Å². The zero-order valence-electron chi connectivity index (χ0n) is 13.8. The number of halogens is 1. The smallest absolute Gasteiger partial charge is 0.267 e. The van der Waals surface area contributed by atoms with Crippen LogP contribution in [0.1, 0.15) is 26.3 Å². The SMILES string of the molecule is COc1ccc(Cn2nc(N3C(=O)c4ccccc4C3=O)cc2Br)cc1. The molecule has 0 N–H and O–H groups in total. The standard InChI is InChI=1S/C19H14BrN3O3/c1-26-13-8-6-12(7-9-13)11-22-16(20)10-17(21-22)23-18(24)14-4-2-3-5-15(14)19(23)25/h2-10H,11H2,1H3. The number of rotatable bonds is 4. The number of aromatic nitrogens is 2. The number of benzene rings is 2. The minimum atomic E-state index is -0.354. The van der Waals surface area contributed by atoms with Gasteiger partial charge < -0.3 is 4.74 Å². The van der Waals surface area contributed by atoms with Crippen molar-refractivity contribution in [2.24, 2.45) is 0 Å². The molecule has 1 aromatic heterocycles. The third-order valence-electron chi connectivity index (χ3n) is 4.23. The molecule has 0 fully saturated rings. The molecule has 130 valence electrons. The van der Waals surface area contributed by atoms with Crippen LogP contribution in [0.25, 0.3) is 0 Å². The lowest BCUT2D eigenvalue weighted by Crippen LogP contribution is -2.29. The number of amides is 2. The summed E-state index contributed by atoms with van der Waals surface area (Å²) in [5.41, 5.74) is 1.82. The molecule has 0 saturated heterocycles. The second-order valence-electron chi connectivity index (χ2n) is 5.82. The molecule has 2 aromatic carbocycles. The first-order valence-corrected chi connectivity index (χ1v) is 8.72. The summed E-state index contributed by atoms with van der Waals surface area (Å²) in [5.74, 6) is 0.371. The second-order valence-corrected chi connectivity index (χ2v) is 6.63. The lowest BCUT2D eigenvalue weighted by Gasteiger charge is -2.10. The summed E-state index contributed by atoms with van der Waals surface area (Å²) in [6.07, 6.45) is 0. The Hall–Kier alpha value is -2.93. The van der Waals surface area contributed by atoms with Crippen molar-refractivity contribution in [3.8, 4) is 5.75 Å². The van der Waals surface area contributed by atoms with Gasteiger partial charge in [-0.25, -0.2) is 4.90 Å². The average molecular weight is 412 g/mol. The molecule has 2 heterocycles. The monoisotopic (exact) mass is 411 g/mol. The fraction of sp³-hybridized carbons (Fsp3) is 0.105. The topological polar surface area (TPSA) is 64.4 Å². The zero-order chi connectivity index (χ0) is 18.3. The van der Waals surface area contributed by atoms with Crippen molar-refractivity contribution in [2.45, 2.75) is 6.54 Å². The molecular weight excluding hydrogens is 398 g/mol. The van der Waals surface area contributed by atoms with E-state index >= 15 is 0 Å². The predicted octanol–water partition coefficient (Wildman–Crippen LogP) is 3.50. The molecule has 7 heteroatoms. The summed E-state index contributed by atoms with van der Waals surface area (Å²) < 4.78 is 7.53. The van der Waals surface area contributed by atoms with Crippen LogP contribution in [-0.4, -0.2) is 28.7 Å². The van der Waals surface area contributed by atoms with Crippen LogP contribution in [0, 0.1) is 0 Å². The average Bonchev–Trinajstić information content (AvgIpc) is 3.13. The molecule has 6 nitrogen and oxygen atoms in total. The number of nitrogens with zero attached hydrogens (tertiary/aromatic N) is 3. The maximum absolute atomic E-state index is 12.6. The highest BCUT2D eigenvalue weighted by molar-refractivity contribution is 9.10. The van der Waals surface area contributed by atoms with Crippen LogP contribution in [-0.2, 0) is 6.54 Å². The van der Waals surface area contributed by atoms with Gasteiger partial charge in [-0.3, -0.25) is 14.3 Å². The molecule has 4 rings (SSSR count). The Morgan fingerprint density at radius 1 is 1.00 bits per heavy atom. The van der Waals surface area contributed by atoms with E-state index in [-0.39, 0.29) is 11.8 Å². The van der Waals surface area contributed by atoms with E-state index in [2.05, 4.69) is 21.0 Å². The van der Waals surface area contributed by atoms with Crippen LogP contribution >= 0.6 is 15.9 Å². The molecule has 26 heavy (non-hydrogen) atoms.